The highest BCUT2D eigenvalue weighted by atomic mass is 32.2. The predicted molar refractivity (Wildman–Crippen MR) is 54.6 cm³/mol. The van der Waals surface area contributed by atoms with E-state index in [9.17, 15) is 4.21 Å². The van der Waals surface area contributed by atoms with Crippen molar-refractivity contribution in [1.82, 2.24) is 10.2 Å². The van der Waals surface area contributed by atoms with Crippen LogP contribution in [0.3, 0.4) is 0 Å². The maximum atomic E-state index is 11.5. The van der Waals surface area contributed by atoms with E-state index in [1.807, 2.05) is 13.8 Å². The molecular formula is C8H10N4OS. The summed E-state index contributed by atoms with van der Waals surface area (Å²) in [6, 6.07) is 1.78. The van der Waals surface area contributed by atoms with Crippen LogP contribution in [0.15, 0.2) is 15.4 Å². The lowest BCUT2D eigenvalue weighted by Gasteiger charge is -2.11. The minimum Gasteiger partial charge on any atom is -0.328 e. The van der Waals surface area contributed by atoms with Gasteiger partial charge in [-0.25, -0.2) is 4.21 Å². The molecule has 1 atom stereocenters. The van der Waals surface area contributed by atoms with Crippen LogP contribution in [0.2, 0.25) is 0 Å². The third kappa shape index (κ3) is 1.52. The molecule has 74 valence electrons. The molecule has 1 aliphatic heterocycles. The molecule has 0 amide bonds. The maximum Gasteiger partial charge on any atom is 0.177 e. The third-order valence-corrected chi connectivity index (χ3v) is 2.89. The van der Waals surface area contributed by atoms with Crippen molar-refractivity contribution in [2.45, 2.75) is 24.7 Å². The summed E-state index contributed by atoms with van der Waals surface area (Å²) >= 11 is 0. The van der Waals surface area contributed by atoms with E-state index >= 15 is 0 Å². The molecule has 0 aromatic carbocycles. The molecule has 2 rings (SSSR count). The largest absolute Gasteiger partial charge is 0.328 e. The van der Waals surface area contributed by atoms with Gasteiger partial charge in [0.2, 0.25) is 0 Å². The SMILES string of the molecule is CC(C)c1cc2c(nn1)NC=NS2=O. The lowest BCUT2D eigenvalue weighted by molar-refractivity contribution is 0.682. The van der Waals surface area contributed by atoms with Crippen LogP contribution in [0.25, 0.3) is 0 Å². The highest BCUT2D eigenvalue weighted by Gasteiger charge is 2.16. The highest BCUT2D eigenvalue weighted by molar-refractivity contribution is 7.84. The fraction of sp³-hybridized carbons (Fsp3) is 0.375. The molecular weight excluding hydrogens is 200 g/mol. The molecule has 0 radical (unpaired) electrons. The van der Waals surface area contributed by atoms with E-state index in [2.05, 4.69) is 19.9 Å². The summed E-state index contributed by atoms with van der Waals surface area (Å²) in [5.74, 6) is 0.804. The molecule has 1 aliphatic rings. The van der Waals surface area contributed by atoms with Crippen molar-refractivity contribution in [2.24, 2.45) is 4.40 Å². The van der Waals surface area contributed by atoms with E-state index in [1.54, 1.807) is 6.07 Å². The number of aromatic nitrogens is 2. The van der Waals surface area contributed by atoms with Gasteiger partial charge in [0.25, 0.3) is 0 Å². The Hall–Kier alpha value is -1.30. The summed E-state index contributed by atoms with van der Waals surface area (Å²) in [4.78, 5) is 0.603. The van der Waals surface area contributed by atoms with Crippen molar-refractivity contribution in [3.05, 3.63) is 11.8 Å². The number of hydrogen-bond donors (Lipinski definition) is 1. The summed E-state index contributed by atoms with van der Waals surface area (Å²) in [7, 11) is -1.34. The lowest BCUT2D eigenvalue weighted by atomic mass is 10.1. The highest BCUT2D eigenvalue weighted by Crippen LogP contribution is 2.22. The van der Waals surface area contributed by atoms with Crippen LogP contribution in [0.4, 0.5) is 5.82 Å². The normalized spacial score (nSPS) is 19.2. The van der Waals surface area contributed by atoms with Gasteiger partial charge < -0.3 is 5.32 Å². The Kier molecular flexibility index (Phi) is 2.28. The summed E-state index contributed by atoms with van der Waals surface area (Å²) in [6.45, 7) is 4.03. The van der Waals surface area contributed by atoms with Crippen molar-refractivity contribution < 1.29 is 4.21 Å². The second kappa shape index (κ2) is 3.45. The molecule has 1 N–H and O–H groups in total. The van der Waals surface area contributed by atoms with Crippen LogP contribution >= 0.6 is 0 Å². The molecule has 1 aromatic rings. The van der Waals surface area contributed by atoms with Gasteiger partial charge in [0.15, 0.2) is 16.8 Å². The van der Waals surface area contributed by atoms with E-state index < -0.39 is 11.0 Å². The zero-order valence-corrected chi connectivity index (χ0v) is 8.71. The first-order valence-electron chi connectivity index (χ1n) is 4.27. The molecule has 14 heavy (non-hydrogen) atoms. The van der Waals surface area contributed by atoms with E-state index in [0.717, 1.165) is 5.69 Å². The smallest absolute Gasteiger partial charge is 0.177 e. The van der Waals surface area contributed by atoms with E-state index in [1.165, 1.54) is 6.34 Å². The van der Waals surface area contributed by atoms with Gasteiger partial charge in [-0.15, -0.1) is 5.10 Å². The Bertz CT molecular complexity index is 416. The number of rotatable bonds is 1. The number of hydrogen-bond acceptors (Lipinski definition) is 4. The standard InChI is InChI=1S/C8H10N4OS/c1-5(2)6-3-7-8(12-11-6)9-4-10-14(7)13/h3-5H,1-2H3,(H,9,10,12). The van der Waals surface area contributed by atoms with Crippen LogP contribution in [0.1, 0.15) is 25.5 Å². The minimum absolute atomic E-state index is 0.274. The predicted octanol–water partition coefficient (Wildman–Crippen LogP) is 1.08. The van der Waals surface area contributed by atoms with Crippen molar-refractivity contribution in [1.29, 1.82) is 0 Å². The zero-order chi connectivity index (χ0) is 10.1. The summed E-state index contributed by atoms with van der Waals surface area (Å²) in [5, 5.41) is 10.8. The van der Waals surface area contributed by atoms with Gasteiger partial charge in [0.1, 0.15) is 11.2 Å². The molecule has 0 saturated heterocycles. The van der Waals surface area contributed by atoms with Crippen LogP contribution in [-0.2, 0) is 11.0 Å². The Morgan fingerprint density at radius 1 is 1.43 bits per heavy atom. The number of nitrogens with zero attached hydrogens (tertiary/aromatic N) is 3. The van der Waals surface area contributed by atoms with Gasteiger partial charge in [-0.3, -0.25) is 0 Å². The summed E-state index contributed by atoms with van der Waals surface area (Å²) in [5.41, 5.74) is 0.830. The van der Waals surface area contributed by atoms with Crippen LogP contribution in [-0.4, -0.2) is 20.7 Å². The van der Waals surface area contributed by atoms with E-state index in [4.69, 9.17) is 0 Å². The molecule has 6 heteroatoms. The molecule has 1 aromatic heterocycles. The Labute approximate surface area is 84.2 Å². The van der Waals surface area contributed by atoms with Crippen molar-refractivity contribution in [3.63, 3.8) is 0 Å². The quantitative estimate of drug-likeness (QED) is 0.753. The second-order valence-electron chi connectivity index (χ2n) is 3.26. The Morgan fingerprint density at radius 3 is 2.93 bits per heavy atom. The van der Waals surface area contributed by atoms with E-state index in [-0.39, 0.29) is 5.92 Å². The minimum atomic E-state index is -1.34. The van der Waals surface area contributed by atoms with Gasteiger partial charge >= 0.3 is 0 Å². The molecule has 0 saturated carbocycles. The molecule has 0 aliphatic carbocycles. The zero-order valence-electron chi connectivity index (χ0n) is 7.89. The summed E-state index contributed by atoms with van der Waals surface area (Å²) in [6.07, 6.45) is 1.38. The third-order valence-electron chi connectivity index (χ3n) is 1.91. The van der Waals surface area contributed by atoms with Gasteiger partial charge in [-0.1, -0.05) is 13.8 Å². The van der Waals surface area contributed by atoms with Crippen LogP contribution in [0.5, 0.6) is 0 Å². The number of fused-ring (bicyclic) bond motifs is 1. The fourth-order valence-electron chi connectivity index (χ4n) is 1.10. The monoisotopic (exact) mass is 210 g/mol. The lowest BCUT2D eigenvalue weighted by Crippen LogP contribution is -2.11. The molecule has 1 unspecified atom stereocenters. The van der Waals surface area contributed by atoms with Gasteiger partial charge in [-0.2, -0.15) is 9.50 Å². The first kappa shape index (κ1) is 9.26. The van der Waals surface area contributed by atoms with Crippen LogP contribution < -0.4 is 5.32 Å². The first-order chi connectivity index (χ1) is 6.68. The van der Waals surface area contributed by atoms with Gasteiger partial charge in [-0.05, 0) is 12.0 Å². The first-order valence-corrected chi connectivity index (χ1v) is 5.37. The number of nitrogens with one attached hydrogen (secondary N) is 1. The van der Waals surface area contributed by atoms with Crippen molar-refractivity contribution in [3.8, 4) is 0 Å². The van der Waals surface area contributed by atoms with Crippen LogP contribution in [0, 0.1) is 0 Å². The van der Waals surface area contributed by atoms with E-state index in [0.29, 0.717) is 10.7 Å². The average Bonchev–Trinajstić information content (AvgIpc) is 2.18. The fourth-order valence-corrected chi connectivity index (χ4v) is 1.84. The molecule has 5 nitrogen and oxygen atoms in total. The Balaban J connectivity index is 2.49. The maximum absolute atomic E-state index is 11.5. The molecule has 0 fully saturated rings. The molecule has 2 heterocycles. The van der Waals surface area contributed by atoms with Gasteiger partial charge in [0.05, 0.1) is 5.69 Å². The second-order valence-corrected chi connectivity index (χ2v) is 4.41. The topological polar surface area (TPSA) is 67.2 Å². The molecule has 0 bridgehead atoms. The molecule has 0 spiro atoms. The van der Waals surface area contributed by atoms with Crippen molar-refractivity contribution in [2.75, 3.05) is 5.32 Å². The van der Waals surface area contributed by atoms with Crippen molar-refractivity contribution >= 4 is 23.1 Å². The number of anilines is 1. The van der Waals surface area contributed by atoms with Gasteiger partial charge in [0, 0.05) is 0 Å². The summed E-state index contributed by atoms with van der Waals surface area (Å²) < 4.78 is 15.2. The average molecular weight is 210 g/mol. The Morgan fingerprint density at radius 2 is 2.21 bits per heavy atom.